The van der Waals surface area contributed by atoms with Crippen LogP contribution in [0.1, 0.15) is 77.6 Å². The van der Waals surface area contributed by atoms with Crippen LogP contribution in [0.4, 0.5) is 0 Å². The standard InChI is InChI=1S/C17H37NO3S/c1-4-5-6-7-8-9-10-11-12-13-15-18(2,3)16-14-17-22(19,20)21/h4-17H2,1-3H3/p+1. The van der Waals surface area contributed by atoms with Crippen molar-refractivity contribution in [1.82, 2.24) is 0 Å². The van der Waals surface area contributed by atoms with Crippen molar-refractivity contribution in [2.24, 2.45) is 0 Å². The second kappa shape index (κ2) is 12.3. The van der Waals surface area contributed by atoms with Crippen LogP contribution in [0.25, 0.3) is 0 Å². The van der Waals surface area contributed by atoms with Crippen molar-refractivity contribution in [2.75, 3.05) is 32.9 Å². The van der Waals surface area contributed by atoms with Gasteiger partial charge in [-0.1, -0.05) is 58.3 Å². The quantitative estimate of drug-likeness (QED) is 0.276. The topological polar surface area (TPSA) is 54.4 Å². The van der Waals surface area contributed by atoms with Crippen LogP contribution >= 0.6 is 0 Å². The first-order valence-electron chi connectivity index (χ1n) is 9.04. The van der Waals surface area contributed by atoms with Crippen LogP contribution in [-0.4, -0.2) is 50.4 Å². The van der Waals surface area contributed by atoms with Gasteiger partial charge in [0.1, 0.15) is 0 Å². The number of unbranched alkanes of at least 4 members (excludes halogenated alkanes) is 9. The fraction of sp³-hybridized carbons (Fsp3) is 1.00. The van der Waals surface area contributed by atoms with Gasteiger partial charge in [0.2, 0.25) is 0 Å². The Bertz CT molecular complexity index is 353. The molecule has 0 heterocycles. The lowest BCUT2D eigenvalue weighted by Gasteiger charge is -2.29. The fourth-order valence-electron chi connectivity index (χ4n) is 2.81. The highest BCUT2D eigenvalue weighted by molar-refractivity contribution is 7.85. The zero-order valence-corrected chi connectivity index (χ0v) is 15.8. The van der Waals surface area contributed by atoms with Crippen LogP contribution in [0.3, 0.4) is 0 Å². The highest BCUT2D eigenvalue weighted by Crippen LogP contribution is 2.12. The van der Waals surface area contributed by atoms with Crippen molar-refractivity contribution in [3.63, 3.8) is 0 Å². The number of rotatable bonds is 15. The van der Waals surface area contributed by atoms with Gasteiger partial charge in [0.15, 0.2) is 0 Å². The average Bonchev–Trinajstić information content (AvgIpc) is 2.39. The number of quaternary nitrogens is 1. The Labute approximate surface area is 138 Å². The maximum Gasteiger partial charge on any atom is 0.265 e. The molecule has 1 N–H and O–H groups in total. The third kappa shape index (κ3) is 16.2. The van der Waals surface area contributed by atoms with Crippen LogP contribution < -0.4 is 0 Å². The average molecular weight is 337 g/mol. The molecule has 0 rings (SSSR count). The molecule has 4 nitrogen and oxygen atoms in total. The molecular formula is C17H38NO3S+. The van der Waals surface area contributed by atoms with Crippen LogP contribution in [0.5, 0.6) is 0 Å². The van der Waals surface area contributed by atoms with Gasteiger partial charge in [-0.3, -0.25) is 4.55 Å². The van der Waals surface area contributed by atoms with Gasteiger partial charge in [0.25, 0.3) is 10.1 Å². The van der Waals surface area contributed by atoms with Crippen LogP contribution in [0.2, 0.25) is 0 Å². The van der Waals surface area contributed by atoms with E-state index in [-0.39, 0.29) is 5.75 Å². The van der Waals surface area contributed by atoms with Gasteiger partial charge in [0, 0.05) is 6.42 Å². The number of hydrogen-bond donors (Lipinski definition) is 1. The van der Waals surface area contributed by atoms with E-state index in [0.717, 1.165) is 17.6 Å². The lowest BCUT2D eigenvalue weighted by atomic mass is 10.1. The SMILES string of the molecule is CCCCCCCCCCCC[N+](C)(C)CCCS(=O)(=O)O. The Balaban J connectivity index is 3.45. The summed E-state index contributed by atoms with van der Waals surface area (Å²) in [6, 6.07) is 0. The predicted molar refractivity (Wildman–Crippen MR) is 94.7 cm³/mol. The minimum atomic E-state index is -3.80. The molecule has 0 unspecified atom stereocenters. The summed E-state index contributed by atoms with van der Waals surface area (Å²) in [6.45, 7) is 4.14. The van der Waals surface area contributed by atoms with E-state index >= 15 is 0 Å². The summed E-state index contributed by atoms with van der Waals surface area (Å²) in [7, 11) is 0.473. The van der Waals surface area contributed by atoms with Crippen LogP contribution in [0.15, 0.2) is 0 Å². The molecule has 0 aliphatic rings. The van der Waals surface area contributed by atoms with E-state index in [4.69, 9.17) is 4.55 Å². The van der Waals surface area contributed by atoms with Gasteiger partial charge in [-0.25, -0.2) is 0 Å². The zero-order valence-electron chi connectivity index (χ0n) is 15.0. The van der Waals surface area contributed by atoms with Gasteiger partial charge in [-0.2, -0.15) is 8.42 Å². The number of nitrogens with zero attached hydrogens (tertiary/aromatic N) is 1. The Kier molecular flexibility index (Phi) is 12.2. The van der Waals surface area contributed by atoms with Gasteiger partial charge in [-0.15, -0.1) is 0 Å². The lowest BCUT2D eigenvalue weighted by molar-refractivity contribution is -0.890. The van der Waals surface area contributed by atoms with Crippen molar-refractivity contribution in [3.05, 3.63) is 0 Å². The molecule has 0 saturated carbocycles. The second-order valence-electron chi connectivity index (χ2n) is 7.20. The molecule has 22 heavy (non-hydrogen) atoms. The van der Waals surface area contributed by atoms with E-state index in [1.54, 1.807) is 0 Å². The summed E-state index contributed by atoms with van der Waals surface area (Å²) >= 11 is 0. The molecule has 0 radical (unpaired) electrons. The zero-order chi connectivity index (χ0) is 16.9. The maximum atomic E-state index is 10.7. The normalized spacial score (nSPS) is 12.7. The number of hydrogen-bond acceptors (Lipinski definition) is 2. The first-order valence-corrected chi connectivity index (χ1v) is 10.6. The Hall–Kier alpha value is -0.130. The van der Waals surface area contributed by atoms with Gasteiger partial charge in [0.05, 0.1) is 32.9 Å². The Morgan fingerprint density at radius 1 is 0.727 bits per heavy atom. The lowest BCUT2D eigenvalue weighted by Crippen LogP contribution is -2.41. The first kappa shape index (κ1) is 21.9. The second-order valence-corrected chi connectivity index (χ2v) is 8.78. The molecule has 0 spiro atoms. The molecule has 0 saturated heterocycles. The molecule has 5 heteroatoms. The van der Waals surface area contributed by atoms with Crippen LogP contribution in [-0.2, 0) is 10.1 Å². The molecule has 0 aliphatic carbocycles. The van der Waals surface area contributed by atoms with E-state index < -0.39 is 10.1 Å². The molecule has 0 aromatic heterocycles. The third-order valence-electron chi connectivity index (χ3n) is 4.28. The van der Waals surface area contributed by atoms with Gasteiger partial charge in [-0.05, 0) is 12.8 Å². The summed E-state index contributed by atoms with van der Waals surface area (Å²) in [6.07, 6.45) is 13.9. The smallest absolute Gasteiger partial charge is 0.265 e. The minimum Gasteiger partial charge on any atom is -0.328 e. The summed E-state index contributed by atoms with van der Waals surface area (Å²) in [5.74, 6) is -0.118. The molecule has 0 atom stereocenters. The van der Waals surface area contributed by atoms with E-state index in [9.17, 15) is 8.42 Å². The Morgan fingerprint density at radius 3 is 1.59 bits per heavy atom. The molecule has 0 aromatic carbocycles. The monoisotopic (exact) mass is 336 g/mol. The van der Waals surface area contributed by atoms with E-state index in [2.05, 4.69) is 21.0 Å². The van der Waals surface area contributed by atoms with E-state index in [0.29, 0.717) is 6.42 Å². The fourth-order valence-corrected chi connectivity index (χ4v) is 3.31. The van der Waals surface area contributed by atoms with Crippen molar-refractivity contribution >= 4 is 10.1 Å². The molecule has 0 aromatic rings. The molecular weight excluding hydrogens is 298 g/mol. The molecule has 0 amide bonds. The maximum absolute atomic E-state index is 10.7. The molecule has 0 fully saturated rings. The predicted octanol–water partition coefficient (Wildman–Crippen LogP) is 4.26. The van der Waals surface area contributed by atoms with Gasteiger partial charge >= 0.3 is 0 Å². The van der Waals surface area contributed by atoms with Gasteiger partial charge < -0.3 is 4.48 Å². The molecule has 0 bridgehead atoms. The van der Waals surface area contributed by atoms with E-state index in [1.807, 2.05) is 0 Å². The summed E-state index contributed by atoms with van der Waals surface area (Å²) < 4.78 is 31.0. The Morgan fingerprint density at radius 2 is 1.14 bits per heavy atom. The third-order valence-corrected chi connectivity index (χ3v) is 5.09. The van der Waals surface area contributed by atoms with Crippen molar-refractivity contribution in [3.8, 4) is 0 Å². The largest absolute Gasteiger partial charge is 0.328 e. The molecule has 0 aliphatic heterocycles. The summed E-state index contributed by atoms with van der Waals surface area (Å²) in [5, 5.41) is 0. The van der Waals surface area contributed by atoms with Crippen molar-refractivity contribution in [2.45, 2.75) is 77.6 Å². The van der Waals surface area contributed by atoms with E-state index in [1.165, 1.54) is 64.2 Å². The summed E-state index contributed by atoms with van der Waals surface area (Å²) in [4.78, 5) is 0. The highest BCUT2D eigenvalue weighted by Gasteiger charge is 2.15. The van der Waals surface area contributed by atoms with Crippen molar-refractivity contribution < 1.29 is 17.5 Å². The first-order chi connectivity index (χ1) is 10.3. The highest BCUT2D eigenvalue weighted by atomic mass is 32.2. The van der Waals surface area contributed by atoms with Crippen LogP contribution in [0, 0.1) is 0 Å². The summed E-state index contributed by atoms with van der Waals surface area (Å²) in [5.41, 5.74) is 0. The minimum absolute atomic E-state index is 0.118. The van der Waals surface area contributed by atoms with Crippen molar-refractivity contribution in [1.29, 1.82) is 0 Å². The molecule has 134 valence electrons.